The number of carbonyl (C=O) groups is 2. The van der Waals surface area contributed by atoms with Gasteiger partial charge in [-0.05, 0) is 55.5 Å². The standard InChI is InChI=1S/C25H30N2O4/c28-22(20-4-2-1-3-5-20)18-26-14-10-19-6-8-21(9-7-19)23(29)27-15-11-25(12-16-27)13-17-31-24(25)30/h1-9,22,26,28H,10-18H2/t22-/m0/s1. The third-order valence-electron chi connectivity index (χ3n) is 6.57. The lowest BCUT2D eigenvalue weighted by Crippen LogP contribution is -2.45. The van der Waals surface area contributed by atoms with Gasteiger partial charge in [0.05, 0.1) is 18.1 Å². The molecule has 0 saturated carbocycles. The number of nitrogens with zero attached hydrogens (tertiary/aromatic N) is 1. The fraction of sp³-hybridized carbons (Fsp3) is 0.440. The van der Waals surface area contributed by atoms with E-state index in [4.69, 9.17) is 4.74 Å². The van der Waals surface area contributed by atoms with Gasteiger partial charge < -0.3 is 20.1 Å². The van der Waals surface area contributed by atoms with E-state index in [-0.39, 0.29) is 17.3 Å². The minimum atomic E-state index is -0.518. The lowest BCUT2D eigenvalue weighted by Gasteiger charge is -2.36. The molecule has 0 unspecified atom stereocenters. The zero-order valence-corrected chi connectivity index (χ0v) is 17.8. The van der Waals surface area contributed by atoms with Crippen LogP contribution >= 0.6 is 0 Å². The highest BCUT2D eigenvalue weighted by Crippen LogP contribution is 2.40. The first kappa shape index (κ1) is 21.5. The summed E-state index contributed by atoms with van der Waals surface area (Å²) in [6, 6.07) is 17.4. The van der Waals surface area contributed by atoms with Gasteiger partial charge in [-0.15, -0.1) is 0 Å². The van der Waals surface area contributed by atoms with Crippen LogP contribution in [0.3, 0.4) is 0 Å². The van der Waals surface area contributed by atoms with Gasteiger partial charge in [0.15, 0.2) is 0 Å². The Hall–Kier alpha value is -2.70. The molecule has 1 atom stereocenters. The molecule has 2 N–H and O–H groups in total. The molecule has 4 rings (SSSR count). The molecule has 0 aliphatic carbocycles. The lowest BCUT2D eigenvalue weighted by atomic mass is 9.77. The molecule has 0 aromatic heterocycles. The fourth-order valence-corrected chi connectivity index (χ4v) is 4.45. The maximum absolute atomic E-state index is 12.8. The summed E-state index contributed by atoms with van der Waals surface area (Å²) in [6.45, 7) is 2.97. The number of nitrogens with one attached hydrogen (secondary N) is 1. The number of aliphatic hydroxyl groups is 1. The van der Waals surface area contributed by atoms with Gasteiger partial charge in [-0.1, -0.05) is 42.5 Å². The zero-order valence-electron chi connectivity index (χ0n) is 17.8. The van der Waals surface area contributed by atoms with Crippen LogP contribution in [0.25, 0.3) is 0 Å². The highest BCUT2D eigenvalue weighted by Gasteiger charge is 2.46. The van der Waals surface area contributed by atoms with E-state index in [1.807, 2.05) is 59.5 Å². The SMILES string of the molecule is O=C(c1ccc(CCNC[C@H](O)c2ccccc2)cc1)N1CCC2(CCOC2=O)CC1. The topological polar surface area (TPSA) is 78.9 Å². The van der Waals surface area contributed by atoms with Gasteiger partial charge >= 0.3 is 5.97 Å². The molecule has 2 aromatic rings. The number of amides is 1. The summed E-state index contributed by atoms with van der Waals surface area (Å²) < 4.78 is 5.15. The molecule has 2 aliphatic heterocycles. The van der Waals surface area contributed by atoms with Crippen LogP contribution in [-0.4, -0.2) is 54.7 Å². The van der Waals surface area contributed by atoms with Gasteiger partial charge in [0.25, 0.3) is 5.91 Å². The first-order chi connectivity index (χ1) is 15.1. The number of likely N-dealkylation sites (tertiary alicyclic amines) is 1. The average molecular weight is 423 g/mol. The fourth-order valence-electron chi connectivity index (χ4n) is 4.45. The van der Waals surface area contributed by atoms with E-state index in [1.54, 1.807) is 0 Å². The quantitative estimate of drug-likeness (QED) is 0.530. The van der Waals surface area contributed by atoms with Crippen molar-refractivity contribution in [3.63, 3.8) is 0 Å². The van der Waals surface area contributed by atoms with E-state index in [1.165, 1.54) is 0 Å². The van der Waals surface area contributed by atoms with Crippen molar-refractivity contribution < 1.29 is 19.4 Å². The van der Waals surface area contributed by atoms with Crippen LogP contribution in [0.5, 0.6) is 0 Å². The van der Waals surface area contributed by atoms with Gasteiger partial charge in [0, 0.05) is 25.2 Å². The Balaban J connectivity index is 1.22. The number of cyclic esters (lactones) is 1. The molecule has 1 spiro atoms. The van der Waals surface area contributed by atoms with Crippen LogP contribution < -0.4 is 5.32 Å². The summed E-state index contributed by atoms with van der Waals surface area (Å²) >= 11 is 0. The second-order valence-corrected chi connectivity index (χ2v) is 8.54. The van der Waals surface area contributed by atoms with E-state index in [0.29, 0.717) is 44.6 Å². The number of aliphatic hydroxyl groups excluding tert-OH is 1. The van der Waals surface area contributed by atoms with Crippen LogP contribution in [-0.2, 0) is 16.0 Å². The summed E-state index contributed by atoms with van der Waals surface area (Å²) in [5.74, 6) is -0.0641. The van der Waals surface area contributed by atoms with E-state index >= 15 is 0 Å². The Bertz CT molecular complexity index is 889. The second-order valence-electron chi connectivity index (χ2n) is 8.54. The Morgan fingerprint density at radius 2 is 1.77 bits per heavy atom. The Labute approximate surface area is 183 Å². The van der Waals surface area contributed by atoms with Crippen LogP contribution in [0.1, 0.15) is 46.9 Å². The summed E-state index contributed by atoms with van der Waals surface area (Å²) in [5, 5.41) is 13.5. The monoisotopic (exact) mass is 422 g/mol. The molecular formula is C25H30N2O4. The van der Waals surface area contributed by atoms with Crippen molar-refractivity contribution in [1.82, 2.24) is 10.2 Å². The van der Waals surface area contributed by atoms with Crippen LogP contribution in [0.15, 0.2) is 54.6 Å². The van der Waals surface area contributed by atoms with Crippen LogP contribution in [0.2, 0.25) is 0 Å². The van der Waals surface area contributed by atoms with Gasteiger partial charge in [-0.2, -0.15) is 0 Å². The molecule has 0 bridgehead atoms. The first-order valence-corrected chi connectivity index (χ1v) is 11.1. The lowest BCUT2D eigenvalue weighted by molar-refractivity contribution is -0.148. The third-order valence-corrected chi connectivity index (χ3v) is 6.57. The van der Waals surface area contributed by atoms with E-state index < -0.39 is 6.10 Å². The summed E-state index contributed by atoms with van der Waals surface area (Å²) in [6.07, 6.45) is 2.46. The van der Waals surface area contributed by atoms with Crippen molar-refractivity contribution >= 4 is 11.9 Å². The van der Waals surface area contributed by atoms with Crippen LogP contribution in [0, 0.1) is 5.41 Å². The molecule has 1 amide bonds. The van der Waals surface area contributed by atoms with Gasteiger partial charge in [-0.25, -0.2) is 0 Å². The molecule has 31 heavy (non-hydrogen) atoms. The molecule has 164 valence electrons. The van der Waals surface area contributed by atoms with E-state index in [9.17, 15) is 14.7 Å². The van der Waals surface area contributed by atoms with Crippen molar-refractivity contribution in [3.05, 3.63) is 71.3 Å². The van der Waals surface area contributed by atoms with Crippen molar-refractivity contribution in [1.29, 1.82) is 0 Å². The first-order valence-electron chi connectivity index (χ1n) is 11.1. The number of carbonyl (C=O) groups excluding carboxylic acids is 2. The van der Waals surface area contributed by atoms with Crippen molar-refractivity contribution in [3.8, 4) is 0 Å². The number of esters is 1. The average Bonchev–Trinajstić information content (AvgIpc) is 3.17. The van der Waals surface area contributed by atoms with E-state index in [2.05, 4.69) is 5.32 Å². The highest BCUT2D eigenvalue weighted by molar-refractivity contribution is 5.94. The number of benzene rings is 2. The van der Waals surface area contributed by atoms with Gasteiger partial charge in [-0.3, -0.25) is 9.59 Å². The van der Waals surface area contributed by atoms with Crippen molar-refractivity contribution in [2.24, 2.45) is 5.41 Å². The summed E-state index contributed by atoms with van der Waals surface area (Å²) in [7, 11) is 0. The largest absolute Gasteiger partial charge is 0.465 e. The molecular weight excluding hydrogens is 392 g/mol. The third kappa shape index (κ3) is 4.97. The number of hydrogen-bond donors (Lipinski definition) is 2. The highest BCUT2D eigenvalue weighted by atomic mass is 16.5. The maximum Gasteiger partial charge on any atom is 0.312 e. The molecule has 2 fully saturated rings. The normalized spacial score (nSPS) is 18.7. The molecule has 2 aliphatic rings. The van der Waals surface area contributed by atoms with Gasteiger partial charge in [0.1, 0.15) is 0 Å². The smallest absolute Gasteiger partial charge is 0.312 e. The Morgan fingerprint density at radius 3 is 2.42 bits per heavy atom. The molecule has 6 heteroatoms. The van der Waals surface area contributed by atoms with Crippen molar-refractivity contribution in [2.75, 3.05) is 32.8 Å². The number of piperidine rings is 1. The number of hydrogen-bond acceptors (Lipinski definition) is 5. The number of rotatable bonds is 7. The second kappa shape index (κ2) is 9.62. The van der Waals surface area contributed by atoms with E-state index in [0.717, 1.165) is 30.5 Å². The molecule has 6 nitrogen and oxygen atoms in total. The Kier molecular flexibility index (Phi) is 6.68. The maximum atomic E-state index is 12.8. The molecule has 2 aromatic carbocycles. The molecule has 2 heterocycles. The van der Waals surface area contributed by atoms with Crippen LogP contribution in [0.4, 0.5) is 0 Å². The predicted octanol–water partition coefficient (Wildman–Crippen LogP) is 2.72. The zero-order chi connectivity index (χ0) is 21.7. The predicted molar refractivity (Wildman–Crippen MR) is 118 cm³/mol. The summed E-state index contributed by atoms with van der Waals surface area (Å²) in [4.78, 5) is 26.7. The summed E-state index contributed by atoms with van der Waals surface area (Å²) in [5.41, 5.74) is 2.37. The minimum absolute atomic E-state index is 0.0249. The minimum Gasteiger partial charge on any atom is -0.465 e. The molecule has 2 saturated heterocycles. The molecule has 0 radical (unpaired) electrons. The Morgan fingerprint density at radius 1 is 1.06 bits per heavy atom. The van der Waals surface area contributed by atoms with Crippen molar-refractivity contribution in [2.45, 2.75) is 31.8 Å². The number of ether oxygens (including phenoxy) is 1. The van der Waals surface area contributed by atoms with Gasteiger partial charge in [0.2, 0.25) is 0 Å².